The molecule has 2 N–H and O–H groups in total. The first-order valence-electron chi connectivity index (χ1n) is 5.06. The molecule has 1 amide bonds. The summed E-state index contributed by atoms with van der Waals surface area (Å²) in [5.74, 6) is 0.364. The van der Waals surface area contributed by atoms with Crippen LogP contribution in [0, 0.1) is 5.92 Å². The molecule has 0 bridgehead atoms. The molecule has 5 heteroatoms. The van der Waals surface area contributed by atoms with E-state index in [2.05, 4.69) is 15.3 Å². The second kappa shape index (κ2) is 6.06. The lowest BCUT2D eigenvalue weighted by Crippen LogP contribution is -2.27. The number of ether oxygens (including phenoxy) is 1. The third-order valence-electron chi connectivity index (χ3n) is 1.77. The Labute approximate surface area is 89.2 Å². The molecule has 0 saturated carbocycles. The Balaban J connectivity index is 2.07. The van der Waals surface area contributed by atoms with Crippen molar-refractivity contribution in [2.24, 2.45) is 5.92 Å². The van der Waals surface area contributed by atoms with Crippen molar-refractivity contribution in [1.29, 1.82) is 0 Å². The number of amides is 1. The van der Waals surface area contributed by atoms with Crippen molar-refractivity contribution in [2.75, 3.05) is 13.2 Å². The average molecular weight is 211 g/mol. The number of alkyl carbamates (subject to hydrolysis) is 1. The van der Waals surface area contributed by atoms with Crippen LogP contribution in [0.25, 0.3) is 0 Å². The Morgan fingerprint density at radius 2 is 2.47 bits per heavy atom. The van der Waals surface area contributed by atoms with Gasteiger partial charge in [-0.2, -0.15) is 0 Å². The van der Waals surface area contributed by atoms with Crippen LogP contribution in [0.1, 0.15) is 19.5 Å². The van der Waals surface area contributed by atoms with Crippen LogP contribution in [-0.4, -0.2) is 29.2 Å². The van der Waals surface area contributed by atoms with Crippen molar-refractivity contribution in [3.05, 3.63) is 18.2 Å². The van der Waals surface area contributed by atoms with Crippen LogP contribution in [0.3, 0.4) is 0 Å². The monoisotopic (exact) mass is 211 g/mol. The van der Waals surface area contributed by atoms with Crippen molar-refractivity contribution >= 4 is 6.09 Å². The number of hydrogen-bond donors (Lipinski definition) is 2. The number of rotatable bonds is 5. The maximum Gasteiger partial charge on any atom is 0.407 e. The van der Waals surface area contributed by atoms with Gasteiger partial charge in [-0.25, -0.2) is 9.78 Å². The van der Waals surface area contributed by atoms with Gasteiger partial charge in [0, 0.05) is 24.9 Å². The number of H-pyrrole nitrogens is 1. The number of carbonyl (C=O) groups is 1. The minimum atomic E-state index is -0.358. The second-order valence-corrected chi connectivity index (χ2v) is 3.75. The molecular weight excluding hydrogens is 194 g/mol. The van der Waals surface area contributed by atoms with Crippen LogP contribution in [0.2, 0.25) is 0 Å². The minimum absolute atomic E-state index is 0.358. The first-order chi connectivity index (χ1) is 7.18. The molecule has 0 spiro atoms. The highest BCUT2D eigenvalue weighted by molar-refractivity contribution is 5.67. The number of hydrogen-bond acceptors (Lipinski definition) is 3. The zero-order valence-electron chi connectivity index (χ0n) is 9.12. The van der Waals surface area contributed by atoms with E-state index < -0.39 is 0 Å². The maximum absolute atomic E-state index is 11.1. The Morgan fingerprint density at radius 3 is 3.07 bits per heavy atom. The average Bonchev–Trinajstić information content (AvgIpc) is 2.67. The van der Waals surface area contributed by atoms with E-state index in [4.69, 9.17) is 4.74 Å². The predicted molar refractivity (Wildman–Crippen MR) is 56.5 cm³/mol. The van der Waals surface area contributed by atoms with Crippen molar-refractivity contribution < 1.29 is 9.53 Å². The van der Waals surface area contributed by atoms with Crippen LogP contribution in [-0.2, 0) is 11.2 Å². The van der Waals surface area contributed by atoms with Gasteiger partial charge in [0.25, 0.3) is 0 Å². The van der Waals surface area contributed by atoms with Crippen molar-refractivity contribution in [1.82, 2.24) is 15.3 Å². The van der Waals surface area contributed by atoms with Crippen LogP contribution < -0.4 is 5.32 Å². The molecule has 1 heterocycles. The molecule has 0 aliphatic carbocycles. The minimum Gasteiger partial charge on any atom is -0.449 e. The van der Waals surface area contributed by atoms with Crippen molar-refractivity contribution in [2.45, 2.75) is 20.3 Å². The molecule has 5 nitrogen and oxygen atoms in total. The van der Waals surface area contributed by atoms with Crippen LogP contribution >= 0.6 is 0 Å². The number of carbonyl (C=O) groups excluding carboxylic acids is 1. The fourth-order valence-electron chi connectivity index (χ4n) is 1.01. The molecule has 0 radical (unpaired) electrons. The first-order valence-corrected chi connectivity index (χ1v) is 5.06. The quantitative estimate of drug-likeness (QED) is 0.772. The topological polar surface area (TPSA) is 67.0 Å². The van der Waals surface area contributed by atoms with Gasteiger partial charge >= 0.3 is 6.09 Å². The van der Waals surface area contributed by atoms with Crippen LogP contribution in [0.15, 0.2) is 12.5 Å². The second-order valence-electron chi connectivity index (χ2n) is 3.75. The Kier molecular flexibility index (Phi) is 4.66. The largest absolute Gasteiger partial charge is 0.449 e. The van der Waals surface area contributed by atoms with Gasteiger partial charge in [0.05, 0.1) is 12.9 Å². The lowest BCUT2D eigenvalue weighted by atomic mass is 10.2. The summed E-state index contributed by atoms with van der Waals surface area (Å²) in [6, 6.07) is 0. The number of imidazole rings is 1. The van der Waals surface area contributed by atoms with Gasteiger partial charge in [0.1, 0.15) is 0 Å². The van der Waals surface area contributed by atoms with Crippen LogP contribution in [0.4, 0.5) is 4.79 Å². The Hall–Kier alpha value is -1.52. The van der Waals surface area contributed by atoms with Gasteiger partial charge in [0.15, 0.2) is 0 Å². The zero-order chi connectivity index (χ0) is 11.1. The van der Waals surface area contributed by atoms with Gasteiger partial charge in [-0.3, -0.25) is 0 Å². The molecule has 1 aromatic rings. The summed E-state index contributed by atoms with van der Waals surface area (Å²) in [7, 11) is 0. The highest BCUT2D eigenvalue weighted by atomic mass is 16.5. The molecular formula is C10H17N3O2. The third-order valence-corrected chi connectivity index (χ3v) is 1.77. The van der Waals surface area contributed by atoms with E-state index >= 15 is 0 Å². The molecule has 1 aromatic heterocycles. The number of nitrogens with zero attached hydrogens (tertiary/aromatic N) is 1. The summed E-state index contributed by atoms with van der Waals surface area (Å²) < 4.78 is 4.95. The molecule has 0 fully saturated rings. The summed E-state index contributed by atoms with van der Waals surface area (Å²) in [6.45, 7) is 5.00. The highest BCUT2D eigenvalue weighted by Gasteiger charge is 2.02. The molecule has 0 saturated heterocycles. The summed E-state index contributed by atoms with van der Waals surface area (Å²) >= 11 is 0. The van der Waals surface area contributed by atoms with Crippen molar-refractivity contribution in [3.63, 3.8) is 0 Å². The van der Waals surface area contributed by atoms with E-state index in [1.165, 1.54) is 0 Å². The summed E-state index contributed by atoms with van der Waals surface area (Å²) in [5, 5.41) is 2.67. The molecule has 15 heavy (non-hydrogen) atoms. The van der Waals surface area contributed by atoms with Crippen molar-refractivity contribution in [3.8, 4) is 0 Å². The number of aromatic nitrogens is 2. The molecule has 0 aliphatic heterocycles. The van der Waals surface area contributed by atoms with E-state index in [1.807, 2.05) is 13.8 Å². The summed E-state index contributed by atoms with van der Waals surface area (Å²) in [6.07, 6.45) is 3.73. The molecule has 0 atom stereocenters. The van der Waals surface area contributed by atoms with Gasteiger partial charge < -0.3 is 15.0 Å². The predicted octanol–water partition coefficient (Wildman–Crippen LogP) is 1.33. The summed E-state index contributed by atoms with van der Waals surface area (Å²) in [5.41, 5.74) is 0.999. The highest BCUT2D eigenvalue weighted by Crippen LogP contribution is 1.93. The third kappa shape index (κ3) is 5.05. The lowest BCUT2D eigenvalue weighted by molar-refractivity contribution is 0.133. The smallest absolute Gasteiger partial charge is 0.407 e. The Morgan fingerprint density at radius 1 is 1.67 bits per heavy atom. The molecule has 0 unspecified atom stereocenters. The SMILES string of the molecule is CC(C)COC(=O)NCCc1cnc[nH]1. The van der Waals surface area contributed by atoms with E-state index in [1.54, 1.807) is 12.5 Å². The van der Waals surface area contributed by atoms with Crippen LogP contribution in [0.5, 0.6) is 0 Å². The fraction of sp³-hybridized carbons (Fsp3) is 0.600. The van der Waals surface area contributed by atoms with Gasteiger partial charge in [-0.15, -0.1) is 0 Å². The van der Waals surface area contributed by atoms with E-state index in [0.29, 0.717) is 19.1 Å². The first kappa shape index (κ1) is 11.6. The van der Waals surface area contributed by atoms with E-state index in [9.17, 15) is 4.79 Å². The normalized spacial score (nSPS) is 10.3. The lowest BCUT2D eigenvalue weighted by Gasteiger charge is -2.07. The molecule has 1 rings (SSSR count). The zero-order valence-corrected chi connectivity index (χ0v) is 9.12. The van der Waals surface area contributed by atoms with Gasteiger partial charge in [-0.05, 0) is 5.92 Å². The van der Waals surface area contributed by atoms with Gasteiger partial charge in [-0.1, -0.05) is 13.8 Å². The van der Waals surface area contributed by atoms with E-state index in [0.717, 1.165) is 12.1 Å². The number of aromatic amines is 1. The molecule has 0 aliphatic rings. The van der Waals surface area contributed by atoms with E-state index in [-0.39, 0.29) is 6.09 Å². The fourth-order valence-corrected chi connectivity index (χ4v) is 1.01. The maximum atomic E-state index is 11.1. The summed E-state index contributed by atoms with van der Waals surface area (Å²) in [4.78, 5) is 18.0. The standard InChI is InChI=1S/C10H17N3O2/c1-8(2)6-15-10(14)12-4-3-9-5-11-7-13-9/h5,7-8H,3-4,6H2,1-2H3,(H,11,13)(H,12,14). The molecule has 84 valence electrons. The number of nitrogens with one attached hydrogen (secondary N) is 2. The van der Waals surface area contributed by atoms with Gasteiger partial charge in [0.2, 0.25) is 0 Å². The Bertz CT molecular complexity index is 283. The molecule has 0 aromatic carbocycles.